The number of nitrogens with zero attached hydrogens (tertiary/aromatic N) is 2. The fourth-order valence-electron chi connectivity index (χ4n) is 7.58. The lowest BCUT2D eigenvalue weighted by Gasteiger charge is -2.19. The molecule has 0 saturated heterocycles. The maximum Gasteiger partial charge on any atom is 0.133 e. The minimum Gasteiger partial charge on any atom is -0.340 e. The van der Waals surface area contributed by atoms with E-state index in [0.717, 1.165) is 39.3 Å². The Morgan fingerprint density at radius 3 is 1.83 bits per heavy atom. The average Bonchev–Trinajstić information content (AvgIpc) is 3.25. The highest BCUT2D eigenvalue weighted by Gasteiger charge is 2.19. The Kier molecular flexibility index (Phi) is 8.69. The van der Waals surface area contributed by atoms with E-state index < -0.39 is 0 Å². The smallest absolute Gasteiger partial charge is 0.133 e. The van der Waals surface area contributed by atoms with E-state index >= 15 is 0 Å². The van der Waals surface area contributed by atoms with Crippen LogP contribution in [0, 0.1) is 11.3 Å². The number of benzene rings is 9. The molecule has 54 heavy (non-hydrogen) atoms. The minimum absolute atomic E-state index is 0.504. The highest BCUT2D eigenvalue weighted by molar-refractivity contribution is 6.28. The number of nitriles is 1. The molecule has 9 aromatic carbocycles. The molecule has 0 radical (unpaired) electrons. The Balaban J connectivity index is 1.15. The second-order valence-electron chi connectivity index (χ2n) is 13.5. The van der Waals surface area contributed by atoms with Gasteiger partial charge in [0.15, 0.2) is 0 Å². The molecular formula is C51H35N3. The van der Waals surface area contributed by atoms with Gasteiger partial charge >= 0.3 is 0 Å². The highest BCUT2D eigenvalue weighted by Crippen LogP contribution is 2.46. The summed E-state index contributed by atoms with van der Waals surface area (Å²) in [5.41, 5.74) is 10.8. The van der Waals surface area contributed by atoms with Gasteiger partial charge in [0, 0.05) is 11.3 Å². The third-order valence-corrected chi connectivity index (χ3v) is 10.2. The topological polar surface area (TPSA) is 48.2 Å². The van der Waals surface area contributed by atoms with E-state index in [-0.39, 0.29) is 0 Å². The van der Waals surface area contributed by atoms with Crippen LogP contribution >= 0.6 is 0 Å². The summed E-state index contributed by atoms with van der Waals surface area (Å²) in [6.07, 6.45) is 0. The van der Waals surface area contributed by atoms with Gasteiger partial charge in [-0.1, -0.05) is 164 Å². The number of hydrogen-bond acceptors (Lipinski definition) is 2. The van der Waals surface area contributed by atoms with Crippen LogP contribution in [0.15, 0.2) is 199 Å². The van der Waals surface area contributed by atoms with Crippen LogP contribution in [0.25, 0.3) is 65.7 Å². The van der Waals surface area contributed by atoms with Crippen molar-refractivity contribution in [1.82, 2.24) is 0 Å². The summed E-state index contributed by atoms with van der Waals surface area (Å²) in [6.45, 7) is 0.504. The maximum atomic E-state index is 9.24. The molecule has 254 valence electrons. The lowest BCUT2D eigenvalue weighted by Crippen LogP contribution is -2.14. The molecule has 0 unspecified atom stereocenters. The number of anilines is 1. The zero-order valence-electron chi connectivity index (χ0n) is 29.6. The summed E-state index contributed by atoms with van der Waals surface area (Å²) in [5, 5.41) is 20.3. The van der Waals surface area contributed by atoms with Crippen LogP contribution in [0.1, 0.15) is 16.7 Å². The molecule has 0 aromatic heterocycles. The average molecular weight is 690 g/mol. The Morgan fingerprint density at radius 1 is 0.481 bits per heavy atom. The monoisotopic (exact) mass is 689 g/mol. The second kappa shape index (κ2) is 14.4. The first kappa shape index (κ1) is 32.6. The quantitative estimate of drug-likeness (QED) is 0.0784. The van der Waals surface area contributed by atoms with E-state index in [1.165, 1.54) is 49.0 Å². The van der Waals surface area contributed by atoms with Crippen LogP contribution in [0.5, 0.6) is 0 Å². The van der Waals surface area contributed by atoms with E-state index in [2.05, 4.69) is 163 Å². The molecule has 0 bridgehead atoms. The Hall–Kier alpha value is -7.28. The first-order valence-corrected chi connectivity index (χ1v) is 18.2. The fraction of sp³-hybridized carbons (Fsp3) is 0.0196. The molecule has 0 spiro atoms. The normalized spacial score (nSPS) is 11.5. The Morgan fingerprint density at radius 2 is 1.09 bits per heavy atom. The van der Waals surface area contributed by atoms with Gasteiger partial charge in [0.25, 0.3) is 0 Å². The summed E-state index contributed by atoms with van der Waals surface area (Å²) in [6, 6.07) is 70.3. The SMILES string of the molecule is N#Cc1ccc(-c2cccc(C/N=C(\Nc3ccccc3)c3ccc(-c4c5ccccc5c(-c5ccccc5)c5c4ccc4ccccc45)cc3)c2)cc1. The molecule has 3 nitrogen and oxygen atoms in total. The van der Waals surface area contributed by atoms with Crippen molar-refractivity contribution in [3.8, 4) is 39.4 Å². The molecule has 9 aromatic rings. The van der Waals surface area contributed by atoms with E-state index in [1.807, 2.05) is 42.5 Å². The first-order valence-electron chi connectivity index (χ1n) is 18.2. The minimum atomic E-state index is 0.504. The summed E-state index contributed by atoms with van der Waals surface area (Å²) >= 11 is 0. The number of hydrogen-bond donors (Lipinski definition) is 1. The number of aliphatic imine (C=N–C) groups is 1. The van der Waals surface area contributed by atoms with Gasteiger partial charge in [-0.05, 0) is 102 Å². The van der Waals surface area contributed by atoms with Crippen molar-refractivity contribution < 1.29 is 0 Å². The van der Waals surface area contributed by atoms with Gasteiger partial charge in [-0.3, -0.25) is 4.99 Å². The molecule has 0 heterocycles. The third-order valence-electron chi connectivity index (χ3n) is 10.2. The van der Waals surface area contributed by atoms with Gasteiger partial charge in [0.2, 0.25) is 0 Å². The van der Waals surface area contributed by atoms with Crippen molar-refractivity contribution >= 4 is 43.8 Å². The van der Waals surface area contributed by atoms with Gasteiger partial charge in [0.05, 0.1) is 18.2 Å². The molecule has 0 aliphatic rings. The fourth-order valence-corrected chi connectivity index (χ4v) is 7.58. The largest absolute Gasteiger partial charge is 0.340 e. The van der Waals surface area contributed by atoms with Gasteiger partial charge in [-0.25, -0.2) is 0 Å². The predicted molar refractivity (Wildman–Crippen MR) is 227 cm³/mol. The van der Waals surface area contributed by atoms with Crippen molar-refractivity contribution in [2.24, 2.45) is 4.99 Å². The van der Waals surface area contributed by atoms with Crippen LogP contribution in [0.2, 0.25) is 0 Å². The maximum absolute atomic E-state index is 9.24. The zero-order valence-corrected chi connectivity index (χ0v) is 29.6. The van der Waals surface area contributed by atoms with Crippen LogP contribution in [-0.2, 0) is 6.54 Å². The van der Waals surface area contributed by atoms with Crippen molar-refractivity contribution in [2.45, 2.75) is 6.54 Å². The second-order valence-corrected chi connectivity index (χ2v) is 13.5. The van der Waals surface area contributed by atoms with Crippen molar-refractivity contribution in [3.05, 3.63) is 211 Å². The van der Waals surface area contributed by atoms with Crippen LogP contribution < -0.4 is 5.32 Å². The number of para-hydroxylation sites is 1. The van der Waals surface area contributed by atoms with Crippen molar-refractivity contribution in [3.63, 3.8) is 0 Å². The molecule has 0 aliphatic heterocycles. The summed E-state index contributed by atoms with van der Waals surface area (Å²) in [7, 11) is 0. The molecular weight excluding hydrogens is 655 g/mol. The summed E-state index contributed by atoms with van der Waals surface area (Å²) in [5.74, 6) is 0.802. The molecule has 0 aliphatic carbocycles. The van der Waals surface area contributed by atoms with Crippen LogP contribution in [-0.4, -0.2) is 5.84 Å². The molecule has 0 amide bonds. The zero-order chi connectivity index (χ0) is 36.3. The van der Waals surface area contributed by atoms with Gasteiger partial charge in [-0.15, -0.1) is 0 Å². The number of nitrogens with one attached hydrogen (secondary N) is 1. The molecule has 9 rings (SSSR count). The standard InChI is InChI=1S/C51H35N3/c52-33-35-22-24-37(25-23-35)42-16-11-12-36(32-42)34-53-51(54-43-17-5-2-6-18-43)41-28-26-40(27-29-41)48-45-20-9-10-21-46(45)49(39-14-3-1-4-15-39)50-44-19-8-7-13-38(44)30-31-47(48)50/h1-32H,34H2,(H,53,54). The number of rotatable bonds is 7. The molecule has 3 heteroatoms. The number of amidine groups is 1. The Bertz CT molecular complexity index is 2850. The van der Waals surface area contributed by atoms with E-state index in [1.54, 1.807) is 0 Å². The number of fused-ring (bicyclic) bond motifs is 4. The molecule has 0 fully saturated rings. The van der Waals surface area contributed by atoms with Crippen molar-refractivity contribution in [1.29, 1.82) is 5.26 Å². The molecule has 0 atom stereocenters. The lowest BCUT2D eigenvalue weighted by atomic mass is 9.84. The third kappa shape index (κ3) is 6.27. The lowest BCUT2D eigenvalue weighted by molar-refractivity contribution is 1.07. The molecule has 1 N–H and O–H groups in total. The van der Waals surface area contributed by atoms with Crippen LogP contribution in [0.3, 0.4) is 0 Å². The van der Waals surface area contributed by atoms with Crippen molar-refractivity contribution in [2.75, 3.05) is 5.32 Å². The van der Waals surface area contributed by atoms with Gasteiger partial charge in [-0.2, -0.15) is 5.26 Å². The summed E-state index contributed by atoms with van der Waals surface area (Å²) < 4.78 is 0. The first-order chi connectivity index (χ1) is 26.7. The highest BCUT2D eigenvalue weighted by atomic mass is 15.0. The van der Waals surface area contributed by atoms with E-state index in [0.29, 0.717) is 12.1 Å². The Labute approximate surface area is 315 Å². The summed E-state index contributed by atoms with van der Waals surface area (Å²) in [4.78, 5) is 5.17. The molecule has 0 saturated carbocycles. The van der Waals surface area contributed by atoms with Gasteiger partial charge in [0.1, 0.15) is 5.84 Å². The predicted octanol–water partition coefficient (Wildman–Crippen LogP) is 13.1. The van der Waals surface area contributed by atoms with Gasteiger partial charge < -0.3 is 5.32 Å². The van der Waals surface area contributed by atoms with E-state index in [4.69, 9.17) is 4.99 Å². The van der Waals surface area contributed by atoms with E-state index in [9.17, 15) is 5.26 Å². The van der Waals surface area contributed by atoms with Crippen LogP contribution in [0.4, 0.5) is 5.69 Å².